The van der Waals surface area contributed by atoms with E-state index in [1.54, 1.807) is 0 Å². The van der Waals surface area contributed by atoms with Crippen LogP contribution in [0.4, 0.5) is 5.69 Å². The molecule has 1 aromatic carbocycles. The van der Waals surface area contributed by atoms with Crippen molar-refractivity contribution in [2.75, 3.05) is 31.2 Å². The molecule has 0 bridgehead atoms. The Bertz CT molecular complexity index is 655. The largest absolute Gasteiger partial charge is 0.340 e. The second kappa shape index (κ2) is 6.80. The molecule has 1 saturated heterocycles. The highest BCUT2D eigenvalue weighted by Crippen LogP contribution is 2.28. The van der Waals surface area contributed by atoms with Gasteiger partial charge in [-0.05, 0) is 25.1 Å². The molecule has 2 heterocycles. The fraction of sp³-hybridized carbons (Fsp3) is 0.438. The zero-order chi connectivity index (χ0) is 16.4. The zero-order valence-electron chi connectivity index (χ0n) is 13.0. The van der Waals surface area contributed by atoms with Gasteiger partial charge >= 0.3 is 0 Å². The summed E-state index contributed by atoms with van der Waals surface area (Å²) < 4.78 is 0.885. The molecule has 2 aliphatic rings. The summed E-state index contributed by atoms with van der Waals surface area (Å²) in [5.74, 6) is -0.573. The van der Waals surface area contributed by atoms with E-state index in [1.807, 2.05) is 36.1 Å². The lowest BCUT2D eigenvalue weighted by Gasteiger charge is -2.28. The van der Waals surface area contributed by atoms with Crippen LogP contribution < -0.4 is 10.3 Å². The quantitative estimate of drug-likeness (QED) is 0.868. The summed E-state index contributed by atoms with van der Waals surface area (Å²) in [5.41, 5.74) is 1.40. The summed E-state index contributed by atoms with van der Waals surface area (Å²) in [6.07, 6.45) is 0.193. The molecule has 7 heteroatoms. The van der Waals surface area contributed by atoms with Crippen molar-refractivity contribution >= 4 is 39.1 Å². The van der Waals surface area contributed by atoms with Crippen molar-refractivity contribution in [3.63, 3.8) is 0 Å². The number of halogens is 1. The molecule has 1 atom stereocenters. The molecular weight excluding hydrogens is 360 g/mol. The van der Waals surface area contributed by atoms with E-state index in [0.717, 1.165) is 17.6 Å². The van der Waals surface area contributed by atoms with E-state index in [9.17, 15) is 9.59 Å². The van der Waals surface area contributed by atoms with Gasteiger partial charge in [0.25, 0.3) is 5.91 Å². The second-order valence-corrected chi connectivity index (χ2v) is 6.67. The molecule has 122 valence electrons. The Morgan fingerprint density at radius 3 is 2.83 bits per heavy atom. The molecule has 1 fully saturated rings. The number of nitrogens with one attached hydrogen (secondary N) is 1. The maximum atomic E-state index is 12.7. The van der Waals surface area contributed by atoms with E-state index in [2.05, 4.69) is 26.3 Å². The van der Waals surface area contributed by atoms with Gasteiger partial charge in [-0.3, -0.25) is 9.59 Å². The minimum Gasteiger partial charge on any atom is -0.340 e. The van der Waals surface area contributed by atoms with Gasteiger partial charge in [-0.1, -0.05) is 22.0 Å². The third kappa shape index (κ3) is 3.45. The molecular formula is C16H19BrN4O2. The van der Waals surface area contributed by atoms with Crippen molar-refractivity contribution in [3.8, 4) is 0 Å². The highest BCUT2D eigenvalue weighted by Gasteiger charge is 2.36. The maximum absolute atomic E-state index is 12.7. The fourth-order valence-corrected chi connectivity index (χ4v) is 3.24. The minimum absolute atomic E-state index is 0.0236. The van der Waals surface area contributed by atoms with Gasteiger partial charge in [0.15, 0.2) is 0 Å². The van der Waals surface area contributed by atoms with Crippen molar-refractivity contribution in [1.82, 2.24) is 10.2 Å². The van der Waals surface area contributed by atoms with Crippen LogP contribution in [0, 0.1) is 5.92 Å². The normalized spacial score (nSPS) is 21.6. The van der Waals surface area contributed by atoms with Crippen LogP contribution in [0.2, 0.25) is 0 Å². The number of anilines is 1. The molecule has 2 aliphatic heterocycles. The maximum Gasteiger partial charge on any atom is 0.256 e. The first-order valence-electron chi connectivity index (χ1n) is 7.69. The van der Waals surface area contributed by atoms with Crippen LogP contribution in [0.5, 0.6) is 0 Å². The number of hydrazone groups is 1. The number of carbonyl (C=O) groups excluding carboxylic acids is 2. The lowest BCUT2D eigenvalue weighted by Crippen LogP contribution is -2.47. The van der Waals surface area contributed by atoms with Crippen molar-refractivity contribution in [1.29, 1.82) is 0 Å². The summed E-state index contributed by atoms with van der Waals surface area (Å²) in [6, 6.07) is 7.43. The first-order chi connectivity index (χ1) is 11.1. The summed E-state index contributed by atoms with van der Waals surface area (Å²) >= 11 is 3.40. The van der Waals surface area contributed by atoms with E-state index in [1.165, 1.54) is 5.01 Å². The van der Waals surface area contributed by atoms with Crippen LogP contribution in [0.15, 0.2) is 33.8 Å². The van der Waals surface area contributed by atoms with Gasteiger partial charge in [-0.25, -0.2) is 5.01 Å². The predicted octanol–water partition coefficient (Wildman–Crippen LogP) is 1.61. The van der Waals surface area contributed by atoms with Crippen molar-refractivity contribution in [2.45, 2.75) is 13.3 Å². The highest BCUT2D eigenvalue weighted by atomic mass is 79.9. The molecule has 3 rings (SSSR count). The average molecular weight is 379 g/mol. The van der Waals surface area contributed by atoms with Gasteiger partial charge in [0.05, 0.1) is 11.6 Å². The number of rotatable bonds is 3. The van der Waals surface area contributed by atoms with Gasteiger partial charge in [0.1, 0.15) is 0 Å². The van der Waals surface area contributed by atoms with Gasteiger partial charge in [0.2, 0.25) is 5.91 Å². The van der Waals surface area contributed by atoms with Crippen molar-refractivity contribution in [3.05, 3.63) is 28.7 Å². The van der Waals surface area contributed by atoms with Gasteiger partial charge in [0, 0.05) is 42.8 Å². The monoisotopic (exact) mass is 378 g/mol. The zero-order valence-corrected chi connectivity index (χ0v) is 14.5. The smallest absolute Gasteiger partial charge is 0.256 e. The number of hydrogen-bond donors (Lipinski definition) is 1. The van der Waals surface area contributed by atoms with Crippen LogP contribution in [0.25, 0.3) is 0 Å². The van der Waals surface area contributed by atoms with E-state index in [0.29, 0.717) is 24.5 Å². The third-order valence-electron chi connectivity index (χ3n) is 4.17. The lowest BCUT2D eigenvalue weighted by atomic mass is 9.99. The number of carbonyl (C=O) groups is 2. The number of hydrogen-bond acceptors (Lipinski definition) is 4. The Hall–Kier alpha value is -1.73. The molecule has 23 heavy (non-hydrogen) atoms. The van der Waals surface area contributed by atoms with Crippen LogP contribution in [0.3, 0.4) is 0 Å². The van der Waals surface area contributed by atoms with Gasteiger partial charge in [-0.2, -0.15) is 5.10 Å². The Kier molecular flexibility index (Phi) is 4.77. The topological polar surface area (TPSA) is 65.0 Å². The summed E-state index contributed by atoms with van der Waals surface area (Å²) in [6.45, 7) is 4.82. The molecule has 0 spiro atoms. The minimum atomic E-state index is -0.462. The Morgan fingerprint density at radius 1 is 1.39 bits per heavy atom. The van der Waals surface area contributed by atoms with Crippen molar-refractivity contribution < 1.29 is 9.59 Å². The van der Waals surface area contributed by atoms with Crippen LogP contribution in [-0.2, 0) is 9.59 Å². The number of amides is 2. The average Bonchev–Trinajstić information content (AvgIpc) is 2.84. The van der Waals surface area contributed by atoms with E-state index >= 15 is 0 Å². The van der Waals surface area contributed by atoms with Crippen LogP contribution in [-0.4, -0.2) is 48.6 Å². The Labute approximate surface area is 143 Å². The van der Waals surface area contributed by atoms with Gasteiger partial charge < -0.3 is 10.2 Å². The Morgan fingerprint density at radius 2 is 2.13 bits per heavy atom. The summed E-state index contributed by atoms with van der Waals surface area (Å²) in [5, 5.41) is 8.97. The van der Waals surface area contributed by atoms with Crippen molar-refractivity contribution in [2.24, 2.45) is 11.0 Å². The molecule has 0 aromatic heterocycles. The van der Waals surface area contributed by atoms with E-state index in [-0.39, 0.29) is 18.2 Å². The molecule has 1 aromatic rings. The highest BCUT2D eigenvalue weighted by molar-refractivity contribution is 9.10. The molecule has 1 unspecified atom stereocenters. The molecule has 0 radical (unpaired) electrons. The summed E-state index contributed by atoms with van der Waals surface area (Å²) in [4.78, 5) is 26.9. The second-order valence-electron chi connectivity index (χ2n) is 5.76. The fourth-order valence-electron chi connectivity index (χ4n) is 2.85. The molecule has 1 N–H and O–H groups in total. The molecule has 6 nitrogen and oxygen atoms in total. The number of benzene rings is 1. The standard InChI is InChI=1S/C16H19BrN4O2/c1-11-14(10-15(22)20-7-5-18-6-8-20)16(23)21(19-11)13-4-2-3-12(17)9-13/h2-4,9,14,18H,5-8,10H2,1H3. The molecule has 0 saturated carbocycles. The van der Waals surface area contributed by atoms with Gasteiger partial charge in [-0.15, -0.1) is 0 Å². The van der Waals surface area contributed by atoms with E-state index in [4.69, 9.17) is 0 Å². The summed E-state index contributed by atoms with van der Waals surface area (Å²) in [7, 11) is 0. The third-order valence-corrected chi connectivity index (χ3v) is 4.66. The lowest BCUT2D eigenvalue weighted by molar-refractivity contribution is -0.134. The predicted molar refractivity (Wildman–Crippen MR) is 92.3 cm³/mol. The molecule has 0 aliphatic carbocycles. The van der Waals surface area contributed by atoms with Crippen LogP contribution in [0.1, 0.15) is 13.3 Å². The first kappa shape index (κ1) is 16.1. The number of piperazine rings is 1. The first-order valence-corrected chi connectivity index (χ1v) is 8.48. The number of nitrogens with zero attached hydrogens (tertiary/aromatic N) is 3. The molecule has 2 amide bonds. The van der Waals surface area contributed by atoms with Crippen LogP contribution >= 0.6 is 15.9 Å². The Balaban J connectivity index is 1.71. The SMILES string of the molecule is CC1=NN(c2cccc(Br)c2)C(=O)C1CC(=O)N1CCNCC1. The van der Waals surface area contributed by atoms with E-state index < -0.39 is 5.92 Å².